The van der Waals surface area contributed by atoms with Crippen LogP contribution in [0, 0.1) is 5.92 Å². The second kappa shape index (κ2) is 7.52. The summed E-state index contributed by atoms with van der Waals surface area (Å²) in [6, 6.07) is 6.32. The summed E-state index contributed by atoms with van der Waals surface area (Å²) >= 11 is 0. The van der Waals surface area contributed by atoms with Crippen molar-refractivity contribution in [3.8, 4) is 0 Å². The van der Waals surface area contributed by atoms with Crippen molar-refractivity contribution >= 4 is 34.4 Å². The molecule has 2 aliphatic heterocycles. The quantitative estimate of drug-likeness (QED) is 0.642. The Kier molecular flexibility index (Phi) is 5.02. The summed E-state index contributed by atoms with van der Waals surface area (Å²) in [5, 5.41) is 0.792. The molecule has 1 unspecified atom stereocenters. The van der Waals surface area contributed by atoms with E-state index in [2.05, 4.69) is 20.4 Å². The molecule has 6 nitrogen and oxygen atoms in total. The highest BCUT2D eigenvalue weighted by atomic mass is 16.2. The third-order valence-electron chi connectivity index (χ3n) is 6.18. The largest absolute Gasteiger partial charge is 0.274 e. The van der Waals surface area contributed by atoms with Gasteiger partial charge < -0.3 is 0 Å². The Bertz CT molecular complexity index is 1050. The van der Waals surface area contributed by atoms with E-state index in [1.54, 1.807) is 24.3 Å². The van der Waals surface area contributed by atoms with Crippen LogP contribution in [-0.2, 0) is 0 Å². The smallest absolute Gasteiger partial charge is 0.265 e. The van der Waals surface area contributed by atoms with Gasteiger partial charge in [-0.25, -0.2) is 4.90 Å². The van der Waals surface area contributed by atoms with Gasteiger partial charge in [-0.05, 0) is 36.6 Å². The number of hydrogen-bond acceptors (Lipinski definition) is 4. The highest BCUT2D eigenvalue weighted by molar-refractivity contribution is 6.33. The summed E-state index contributed by atoms with van der Waals surface area (Å²) in [6.07, 6.45) is 5.15. The van der Waals surface area contributed by atoms with Crippen LogP contribution in [0.15, 0.2) is 37.0 Å². The van der Waals surface area contributed by atoms with E-state index in [1.807, 2.05) is 0 Å². The zero-order valence-electron chi connectivity index (χ0n) is 17.2. The number of carbonyl (C=O) groups is 4. The first kappa shape index (κ1) is 20.0. The van der Waals surface area contributed by atoms with Gasteiger partial charge in [0.05, 0.1) is 0 Å². The first-order valence-electron chi connectivity index (χ1n) is 10.4. The monoisotopic (exact) mass is 404 g/mol. The predicted molar refractivity (Wildman–Crippen MR) is 113 cm³/mol. The lowest BCUT2D eigenvalue weighted by atomic mass is 9.85. The van der Waals surface area contributed by atoms with E-state index >= 15 is 0 Å². The zero-order valence-corrected chi connectivity index (χ0v) is 17.2. The molecule has 6 heteroatoms. The van der Waals surface area contributed by atoms with Crippen LogP contribution in [0.5, 0.6) is 0 Å². The van der Waals surface area contributed by atoms with Crippen LogP contribution >= 0.6 is 0 Å². The van der Waals surface area contributed by atoms with E-state index in [0.29, 0.717) is 39.6 Å². The topological polar surface area (TPSA) is 74.8 Å². The fraction of sp³-hybridized carbons (Fsp3) is 0.333. The summed E-state index contributed by atoms with van der Waals surface area (Å²) in [6.45, 7) is 8.11. The fourth-order valence-corrected chi connectivity index (χ4v) is 4.45. The molecule has 0 saturated carbocycles. The minimum atomic E-state index is -0.501. The maximum Gasteiger partial charge on any atom is 0.265 e. The Balaban J connectivity index is 1.84. The predicted octanol–water partition coefficient (Wildman–Crippen LogP) is 4.39. The summed E-state index contributed by atoms with van der Waals surface area (Å²) in [4.78, 5) is 54.3. The molecule has 2 aromatic carbocycles. The van der Waals surface area contributed by atoms with Crippen LogP contribution in [0.2, 0.25) is 0 Å². The molecule has 0 aliphatic carbocycles. The van der Waals surface area contributed by atoms with Gasteiger partial charge in [0.1, 0.15) is 0 Å². The number of carbonyl (C=O) groups excluding carboxylic acids is 4. The molecule has 4 amide bonds. The van der Waals surface area contributed by atoms with Crippen LogP contribution in [0.3, 0.4) is 0 Å². The number of benzene rings is 2. The Morgan fingerprint density at radius 2 is 1.30 bits per heavy atom. The van der Waals surface area contributed by atoms with Crippen LogP contribution in [0.1, 0.15) is 81.0 Å². The molecule has 4 rings (SSSR count). The molecule has 0 N–H and O–H groups in total. The molecule has 0 bridgehead atoms. The van der Waals surface area contributed by atoms with Crippen molar-refractivity contribution in [2.45, 2.75) is 39.5 Å². The van der Waals surface area contributed by atoms with Crippen LogP contribution in [-0.4, -0.2) is 40.0 Å². The lowest BCUT2D eigenvalue weighted by molar-refractivity contribution is 0.0575. The molecule has 0 radical (unpaired) electrons. The van der Waals surface area contributed by atoms with Crippen molar-refractivity contribution in [2.24, 2.45) is 5.92 Å². The van der Waals surface area contributed by atoms with Gasteiger partial charge in [-0.2, -0.15) is 0 Å². The summed E-state index contributed by atoms with van der Waals surface area (Å²) in [5.74, 6) is -1.48. The maximum absolute atomic E-state index is 13.3. The highest BCUT2D eigenvalue weighted by Gasteiger charge is 2.39. The van der Waals surface area contributed by atoms with Gasteiger partial charge in [-0.1, -0.05) is 39.7 Å². The summed E-state index contributed by atoms with van der Waals surface area (Å²) < 4.78 is 0. The minimum Gasteiger partial charge on any atom is -0.274 e. The fourth-order valence-electron chi connectivity index (χ4n) is 4.45. The lowest BCUT2D eigenvalue weighted by Crippen LogP contribution is -2.44. The molecule has 2 aromatic rings. The van der Waals surface area contributed by atoms with Gasteiger partial charge in [0.15, 0.2) is 0 Å². The average Bonchev–Trinajstić information content (AvgIpc) is 2.75. The molecule has 0 fully saturated rings. The van der Waals surface area contributed by atoms with Gasteiger partial charge >= 0.3 is 0 Å². The molecule has 1 atom stereocenters. The Morgan fingerprint density at radius 1 is 0.833 bits per heavy atom. The zero-order chi connectivity index (χ0) is 21.6. The van der Waals surface area contributed by atoms with Crippen LogP contribution in [0.4, 0.5) is 0 Å². The third-order valence-corrected chi connectivity index (χ3v) is 6.18. The molecule has 0 saturated heterocycles. The van der Waals surface area contributed by atoms with Gasteiger partial charge in [0.25, 0.3) is 23.6 Å². The van der Waals surface area contributed by atoms with Gasteiger partial charge in [0.2, 0.25) is 0 Å². The van der Waals surface area contributed by atoms with Crippen molar-refractivity contribution in [1.82, 2.24) is 9.80 Å². The Hall–Kier alpha value is -3.28. The molecular weight excluding hydrogens is 380 g/mol. The van der Waals surface area contributed by atoms with Gasteiger partial charge in [-0.3, -0.25) is 24.1 Å². The van der Waals surface area contributed by atoms with E-state index < -0.39 is 11.8 Å². The Labute approximate surface area is 175 Å². The molecule has 0 aromatic heterocycles. The molecule has 154 valence electrons. The standard InChI is InChI=1S/C24H24N2O4/c1-4-7-8-14(5-2)13-26-23(29)17-11-9-15-19-16(22(28)25(6-3)21(15)27)10-12-18(20(17)19)24(26)30/h6,9-12,14H,3-5,7-8,13H2,1-2H3. The number of unbranched alkanes of at least 4 members (excludes halogenated alkanes) is 1. The maximum atomic E-state index is 13.3. The van der Waals surface area contributed by atoms with E-state index in [1.165, 1.54) is 11.1 Å². The SMILES string of the molecule is C=CN1C(=O)c2ccc3c4c(ccc(c24)C1=O)C(=O)N(CC(CC)CCCC)C3=O. The first-order chi connectivity index (χ1) is 14.4. The number of rotatable bonds is 7. The van der Waals surface area contributed by atoms with Crippen molar-refractivity contribution < 1.29 is 19.2 Å². The average molecular weight is 404 g/mol. The van der Waals surface area contributed by atoms with E-state index in [-0.39, 0.29) is 17.7 Å². The van der Waals surface area contributed by atoms with E-state index in [4.69, 9.17) is 0 Å². The molecule has 2 heterocycles. The molecule has 30 heavy (non-hydrogen) atoms. The van der Waals surface area contributed by atoms with Gasteiger partial charge in [-0.15, -0.1) is 0 Å². The highest BCUT2D eigenvalue weighted by Crippen LogP contribution is 2.38. The second-order valence-electron chi connectivity index (χ2n) is 7.87. The Morgan fingerprint density at radius 3 is 1.70 bits per heavy atom. The third kappa shape index (κ3) is 2.78. The first-order valence-corrected chi connectivity index (χ1v) is 10.4. The summed E-state index contributed by atoms with van der Waals surface area (Å²) in [5.41, 5.74) is 1.33. The normalized spacial score (nSPS) is 16.5. The number of nitrogens with zero attached hydrogens (tertiary/aromatic N) is 2. The number of amides is 4. The number of hydrogen-bond donors (Lipinski definition) is 0. The van der Waals surface area contributed by atoms with Gasteiger partial charge in [0, 0.05) is 45.8 Å². The lowest BCUT2D eigenvalue weighted by Gasteiger charge is -2.32. The van der Waals surface area contributed by atoms with E-state index in [0.717, 1.165) is 30.6 Å². The van der Waals surface area contributed by atoms with E-state index in [9.17, 15) is 19.2 Å². The van der Waals surface area contributed by atoms with Crippen LogP contribution < -0.4 is 0 Å². The molecule has 2 aliphatic rings. The summed E-state index contributed by atoms with van der Waals surface area (Å²) in [7, 11) is 0. The molecule has 0 spiro atoms. The van der Waals surface area contributed by atoms with Crippen LogP contribution in [0.25, 0.3) is 10.8 Å². The van der Waals surface area contributed by atoms with Crippen molar-refractivity contribution in [2.75, 3.05) is 6.54 Å². The second-order valence-corrected chi connectivity index (χ2v) is 7.87. The molecular formula is C24H24N2O4. The minimum absolute atomic E-state index is 0.247. The number of imide groups is 2. The van der Waals surface area contributed by atoms with Crippen molar-refractivity contribution in [3.63, 3.8) is 0 Å². The van der Waals surface area contributed by atoms with Crippen molar-refractivity contribution in [1.29, 1.82) is 0 Å². The van der Waals surface area contributed by atoms with Crippen molar-refractivity contribution in [3.05, 3.63) is 59.3 Å².